The molecule has 3 rings (SSSR count). The molecule has 1 aliphatic carbocycles. The van der Waals surface area contributed by atoms with Gasteiger partial charge in [0.25, 0.3) is 0 Å². The molecule has 1 N–H and O–H groups in total. The molecule has 1 aromatic rings. The van der Waals surface area contributed by atoms with Gasteiger partial charge in [0.2, 0.25) is 0 Å². The summed E-state index contributed by atoms with van der Waals surface area (Å²) < 4.78 is 6.00. The highest BCUT2D eigenvalue weighted by molar-refractivity contribution is 5.49. The molecule has 0 fully saturated rings. The van der Waals surface area contributed by atoms with E-state index in [0.29, 0.717) is 5.92 Å². The van der Waals surface area contributed by atoms with Crippen LogP contribution in [0.2, 0.25) is 0 Å². The van der Waals surface area contributed by atoms with Crippen molar-refractivity contribution in [3.8, 4) is 5.75 Å². The predicted octanol–water partition coefficient (Wildman–Crippen LogP) is 3.02. The van der Waals surface area contributed by atoms with Crippen LogP contribution in [-0.2, 0) is 12.0 Å². The van der Waals surface area contributed by atoms with Crippen molar-refractivity contribution in [3.05, 3.63) is 29.3 Å². The van der Waals surface area contributed by atoms with Gasteiger partial charge in [-0.25, -0.2) is 0 Å². The molecule has 0 aromatic heterocycles. The second kappa shape index (κ2) is 3.74. The van der Waals surface area contributed by atoms with Crippen molar-refractivity contribution in [1.29, 1.82) is 0 Å². The summed E-state index contributed by atoms with van der Waals surface area (Å²) >= 11 is 0. The van der Waals surface area contributed by atoms with Crippen LogP contribution >= 0.6 is 0 Å². The Kier molecular flexibility index (Phi) is 2.44. The minimum Gasteiger partial charge on any atom is -0.486 e. The van der Waals surface area contributed by atoms with E-state index in [9.17, 15) is 5.11 Å². The van der Waals surface area contributed by atoms with Gasteiger partial charge >= 0.3 is 0 Å². The Morgan fingerprint density at radius 3 is 2.94 bits per heavy atom. The van der Waals surface area contributed by atoms with Crippen LogP contribution < -0.4 is 4.74 Å². The molecule has 2 atom stereocenters. The molecule has 0 spiro atoms. The lowest BCUT2D eigenvalue weighted by Crippen LogP contribution is -2.41. The van der Waals surface area contributed by atoms with Gasteiger partial charge in [-0.15, -0.1) is 0 Å². The first-order valence-corrected chi connectivity index (χ1v) is 6.64. The van der Waals surface area contributed by atoms with E-state index in [4.69, 9.17) is 4.74 Å². The highest BCUT2D eigenvalue weighted by atomic mass is 16.5. The Balaban J connectivity index is 2.17. The predicted molar refractivity (Wildman–Crippen MR) is 67.1 cm³/mol. The number of hydrogen-bond acceptors (Lipinski definition) is 2. The van der Waals surface area contributed by atoms with Gasteiger partial charge in [-0.1, -0.05) is 26.0 Å². The highest BCUT2D eigenvalue weighted by Crippen LogP contribution is 2.49. The first-order valence-electron chi connectivity index (χ1n) is 6.64. The van der Waals surface area contributed by atoms with Gasteiger partial charge in [0.15, 0.2) is 0 Å². The Labute approximate surface area is 103 Å². The van der Waals surface area contributed by atoms with E-state index in [-0.39, 0.29) is 6.10 Å². The topological polar surface area (TPSA) is 29.5 Å². The molecule has 0 amide bonds. The standard InChI is InChI=1S/C15H20O2/c1-10(2)14-15(16)9-4-3-6-11-7-5-8-12(17-14)13(11)15/h5,7-8,10,14,16H,3-4,6,9H2,1-2H3. The van der Waals surface area contributed by atoms with E-state index in [2.05, 4.69) is 19.9 Å². The fraction of sp³-hybridized carbons (Fsp3) is 0.600. The lowest BCUT2D eigenvalue weighted by atomic mass is 9.81. The van der Waals surface area contributed by atoms with Crippen LogP contribution in [0.15, 0.2) is 18.2 Å². The van der Waals surface area contributed by atoms with E-state index in [0.717, 1.165) is 30.6 Å². The molecule has 92 valence electrons. The highest BCUT2D eigenvalue weighted by Gasteiger charge is 2.50. The Morgan fingerprint density at radius 1 is 1.35 bits per heavy atom. The fourth-order valence-corrected chi connectivity index (χ4v) is 3.42. The lowest BCUT2D eigenvalue weighted by molar-refractivity contribution is -0.0663. The summed E-state index contributed by atoms with van der Waals surface area (Å²) in [4.78, 5) is 0. The average molecular weight is 232 g/mol. The van der Waals surface area contributed by atoms with Crippen LogP contribution in [0, 0.1) is 5.92 Å². The van der Waals surface area contributed by atoms with E-state index in [1.165, 1.54) is 12.0 Å². The third-order valence-corrected chi connectivity index (χ3v) is 4.13. The Hall–Kier alpha value is -1.02. The van der Waals surface area contributed by atoms with Crippen LogP contribution in [0.1, 0.15) is 44.2 Å². The summed E-state index contributed by atoms with van der Waals surface area (Å²) in [6.45, 7) is 4.25. The summed E-state index contributed by atoms with van der Waals surface area (Å²) in [6.07, 6.45) is 4.07. The molecule has 1 heterocycles. The Bertz CT molecular complexity index is 439. The molecule has 1 aromatic carbocycles. The SMILES string of the molecule is CC(C)C1Oc2cccc3c2C1(O)CCCC3. The Morgan fingerprint density at radius 2 is 2.18 bits per heavy atom. The molecular formula is C15H20O2. The quantitative estimate of drug-likeness (QED) is 0.806. The number of benzene rings is 1. The van der Waals surface area contributed by atoms with Crippen molar-refractivity contribution >= 4 is 0 Å². The van der Waals surface area contributed by atoms with Crippen LogP contribution in [-0.4, -0.2) is 11.2 Å². The number of hydrogen-bond donors (Lipinski definition) is 1. The van der Waals surface area contributed by atoms with Crippen LogP contribution in [0.5, 0.6) is 5.75 Å². The summed E-state index contributed by atoms with van der Waals surface area (Å²) in [5.41, 5.74) is 1.61. The summed E-state index contributed by atoms with van der Waals surface area (Å²) in [7, 11) is 0. The smallest absolute Gasteiger partial charge is 0.134 e. The largest absolute Gasteiger partial charge is 0.486 e. The monoisotopic (exact) mass is 232 g/mol. The average Bonchev–Trinajstić information content (AvgIpc) is 2.48. The second-order valence-corrected chi connectivity index (χ2v) is 5.70. The molecule has 0 radical (unpaired) electrons. The molecule has 0 bridgehead atoms. The minimum absolute atomic E-state index is 0.0863. The third-order valence-electron chi connectivity index (χ3n) is 4.13. The molecule has 2 heteroatoms. The third kappa shape index (κ3) is 1.50. The van der Waals surface area contributed by atoms with Crippen molar-refractivity contribution < 1.29 is 9.84 Å². The summed E-state index contributed by atoms with van der Waals surface area (Å²) in [5.74, 6) is 1.24. The molecule has 17 heavy (non-hydrogen) atoms. The van der Waals surface area contributed by atoms with Crippen LogP contribution in [0.4, 0.5) is 0 Å². The van der Waals surface area contributed by atoms with Crippen molar-refractivity contribution in [2.24, 2.45) is 5.92 Å². The number of ether oxygens (including phenoxy) is 1. The van der Waals surface area contributed by atoms with E-state index in [1.807, 2.05) is 12.1 Å². The van der Waals surface area contributed by atoms with Gasteiger partial charge in [0.1, 0.15) is 17.5 Å². The van der Waals surface area contributed by atoms with Gasteiger partial charge in [0.05, 0.1) is 0 Å². The molecule has 2 aliphatic rings. The summed E-state index contributed by atoms with van der Waals surface area (Å²) in [6, 6.07) is 6.18. The zero-order chi connectivity index (χ0) is 12.0. The zero-order valence-corrected chi connectivity index (χ0v) is 10.6. The van der Waals surface area contributed by atoms with Crippen molar-refractivity contribution in [2.45, 2.75) is 51.2 Å². The van der Waals surface area contributed by atoms with Gasteiger partial charge in [-0.2, -0.15) is 0 Å². The number of aryl methyl sites for hydroxylation is 1. The molecule has 1 aliphatic heterocycles. The number of aliphatic hydroxyl groups is 1. The van der Waals surface area contributed by atoms with Crippen LogP contribution in [0.25, 0.3) is 0 Å². The minimum atomic E-state index is -0.753. The summed E-state index contributed by atoms with van der Waals surface area (Å²) in [5, 5.41) is 11.1. The maximum Gasteiger partial charge on any atom is 0.134 e. The first kappa shape index (κ1) is 11.1. The zero-order valence-electron chi connectivity index (χ0n) is 10.6. The molecule has 2 unspecified atom stereocenters. The van der Waals surface area contributed by atoms with Gasteiger partial charge < -0.3 is 9.84 Å². The second-order valence-electron chi connectivity index (χ2n) is 5.70. The van der Waals surface area contributed by atoms with Crippen molar-refractivity contribution in [3.63, 3.8) is 0 Å². The maximum atomic E-state index is 11.1. The van der Waals surface area contributed by atoms with Crippen LogP contribution in [0.3, 0.4) is 0 Å². The molecule has 2 nitrogen and oxygen atoms in total. The number of rotatable bonds is 1. The molecule has 0 saturated carbocycles. The van der Waals surface area contributed by atoms with Crippen molar-refractivity contribution in [1.82, 2.24) is 0 Å². The van der Waals surface area contributed by atoms with E-state index >= 15 is 0 Å². The fourth-order valence-electron chi connectivity index (χ4n) is 3.42. The molecular weight excluding hydrogens is 212 g/mol. The van der Waals surface area contributed by atoms with Crippen molar-refractivity contribution in [2.75, 3.05) is 0 Å². The van der Waals surface area contributed by atoms with Gasteiger partial charge in [0, 0.05) is 5.56 Å². The first-order chi connectivity index (χ1) is 8.13. The normalized spacial score (nSPS) is 30.9. The van der Waals surface area contributed by atoms with E-state index < -0.39 is 5.60 Å². The maximum absolute atomic E-state index is 11.1. The van der Waals surface area contributed by atoms with Gasteiger partial charge in [-0.05, 0) is 43.2 Å². The lowest BCUT2D eigenvalue weighted by Gasteiger charge is -2.31. The molecule has 0 saturated heterocycles. The van der Waals surface area contributed by atoms with E-state index in [1.54, 1.807) is 0 Å². The van der Waals surface area contributed by atoms with Gasteiger partial charge in [-0.3, -0.25) is 0 Å².